The van der Waals surface area contributed by atoms with E-state index in [1.165, 1.54) is 36.0 Å². The molecule has 0 aromatic rings. The summed E-state index contributed by atoms with van der Waals surface area (Å²) in [6, 6.07) is 0. The van der Waals surface area contributed by atoms with Crippen molar-refractivity contribution in [3.63, 3.8) is 0 Å². The van der Waals surface area contributed by atoms with Crippen molar-refractivity contribution in [1.29, 1.82) is 0 Å². The molecule has 0 spiro atoms. The Labute approximate surface area is 782 Å². The Balaban J connectivity index is 0.00000139. The molecule has 7 N–H and O–H groups in total. The van der Waals surface area contributed by atoms with Crippen LogP contribution in [-0.2, 0) is 216 Å². The molecule has 133 heavy (non-hydrogen) atoms. The first kappa shape index (κ1) is 124. The first-order valence-electron chi connectivity index (χ1n) is 38.0. The third-order valence-electron chi connectivity index (χ3n) is 15.2. The summed E-state index contributed by atoms with van der Waals surface area (Å²) in [4.78, 5) is 235. The minimum atomic E-state index is -3.48. The molecule has 49 nitrogen and oxygen atoms in total. The summed E-state index contributed by atoms with van der Waals surface area (Å²) >= 11 is 4.40. The number of cyclic esters (lactones) is 1. The highest BCUT2D eigenvalue weighted by atomic mass is 32.2. The van der Waals surface area contributed by atoms with E-state index in [0.29, 0.717) is 93.4 Å². The zero-order valence-electron chi connectivity index (χ0n) is 69.7. The smallest absolute Gasteiger partial charge is 0.313 e. The molecule has 61 heteroatoms. The van der Waals surface area contributed by atoms with Crippen molar-refractivity contribution in [1.82, 2.24) is 33.1 Å². The number of sulfone groups is 2. The fourth-order valence-electron chi connectivity index (χ4n) is 9.02. The van der Waals surface area contributed by atoms with Gasteiger partial charge in [0.2, 0.25) is 47.8 Å². The number of sulfonamides is 3. The molecular formula is C72H97N7O42S12. The maximum absolute atomic E-state index is 10.5. The van der Waals surface area contributed by atoms with Gasteiger partial charge in [0.1, 0.15) is 83.1 Å². The molecule has 15 aliphatic heterocycles. The van der Waals surface area contributed by atoms with Crippen molar-refractivity contribution < 1.29 is 192 Å². The van der Waals surface area contributed by atoms with Gasteiger partial charge in [-0.2, -0.15) is 38.0 Å². The topological polar surface area (TPSA) is 778 Å². The first-order valence-corrected chi connectivity index (χ1v) is 55.5. The predicted molar refractivity (Wildman–Crippen MR) is 475 cm³/mol. The van der Waals surface area contributed by atoms with Gasteiger partial charge in [-0.05, 0) is 42.2 Å². The van der Waals surface area contributed by atoms with Gasteiger partial charge in [0.15, 0.2) is 95.0 Å². The Morgan fingerprint density at radius 3 is 1.06 bits per heavy atom. The lowest BCUT2D eigenvalue weighted by atomic mass is 10.3. The quantitative estimate of drug-likeness (QED) is 0.0877. The maximum Gasteiger partial charge on any atom is 0.313 e. The number of nitrogens with one attached hydrogen (secondary N) is 7. The summed E-state index contributed by atoms with van der Waals surface area (Å²) in [6.07, 6.45) is 15.4. The number of amides is 3. The van der Waals surface area contributed by atoms with E-state index in [4.69, 9.17) is 4.74 Å². The molecule has 3 aliphatic carbocycles. The predicted octanol–water partition coefficient (Wildman–Crippen LogP) is -6.06. The number of ether oxygens (including phenoxy) is 3. The fourth-order valence-corrected chi connectivity index (χ4v) is 20.1. The first-order chi connectivity index (χ1) is 61.3. The van der Waals surface area contributed by atoms with Crippen LogP contribution >= 0.6 is 35.3 Å². The summed E-state index contributed by atoms with van der Waals surface area (Å²) < 4.78 is 193. The van der Waals surface area contributed by atoms with E-state index in [2.05, 4.69) is 28.4 Å². The second-order valence-electron chi connectivity index (χ2n) is 27.4. The van der Waals surface area contributed by atoms with Crippen LogP contribution in [0.1, 0.15) is 117 Å². The second kappa shape index (κ2) is 64.0. The molecule has 15 heterocycles. The molecule has 2 saturated carbocycles. The third kappa shape index (κ3) is 68.5. The lowest BCUT2D eigenvalue weighted by Crippen LogP contribution is -2.46. The van der Waals surface area contributed by atoms with E-state index in [0.717, 1.165) is 41.2 Å². The molecule has 2 unspecified atom stereocenters. The van der Waals surface area contributed by atoms with Gasteiger partial charge in [0.05, 0.1) is 103 Å². The van der Waals surface area contributed by atoms with E-state index in [1.807, 2.05) is 10.1 Å². The van der Waals surface area contributed by atoms with Gasteiger partial charge in [-0.1, -0.05) is 19.2 Å². The number of thioether (sulfide) groups is 3. The lowest BCUT2D eigenvalue weighted by Gasteiger charge is -2.12. The molecule has 0 aromatic heterocycles. The van der Waals surface area contributed by atoms with Crippen molar-refractivity contribution in [2.45, 2.75) is 117 Å². The molecule has 18 rings (SSSR count). The Morgan fingerprint density at radius 1 is 0.376 bits per heavy atom. The molecule has 744 valence electrons. The molecule has 13 fully saturated rings. The summed E-state index contributed by atoms with van der Waals surface area (Å²) in [5.41, 5.74) is 0. The zero-order valence-corrected chi connectivity index (χ0v) is 79.5. The fraction of sp³-hybridized carbons (Fsp3) is 0.542. The number of ketones is 18. The van der Waals surface area contributed by atoms with Gasteiger partial charge in [-0.25, -0.2) is 61.0 Å². The Kier molecular flexibility index (Phi) is 59.6. The van der Waals surface area contributed by atoms with E-state index in [-0.39, 0.29) is 248 Å². The average molecular weight is 2120 g/mol. The van der Waals surface area contributed by atoms with Crippen LogP contribution < -0.4 is 33.1 Å². The SMILES string of the molecule is C.O=C1C=CC(=O)C1.O=C1C=COC1.O=C1C=CS(=O)(=O)C1.O=C1C=CS(=O)C1.O=C1C=CSC1.O=C1CCC(=O)C1.O=C1CCC(=O)C1.O=C1CCCS(=O)(=O)N1.O=C1CCNS(=O)(=O)N1.O=C1CCNS(=O)(=O)N1.O=C1CCOC1.O=C1CCS(=O)(=O)C1.O=C1CCS(=O)C1.O=C1CCSC1.O=C1CNS(=O)(=O)C1.O=C1CNS(=O)(=O)C1.O=C1COC(=O)C1.O=C1CSC(=O)C1. The number of hydrogen-bond donors (Lipinski definition) is 7. The van der Waals surface area contributed by atoms with Crippen LogP contribution in [0.15, 0.2) is 58.9 Å². The van der Waals surface area contributed by atoms with Crippen LogP contribution in [0, 0.1) is 0 Å². The molecule has 0 bridgehead atoms. The Morgan fingerprint density at radius 2 is 0.917 bits per heavy atom. The van der Waals surface area contributed by atoms with E-state index in [9.17, 15) is 178 Å². The van der Waals surface area contributed by atoms with Gasteiger partial charge >= 0.3 is 26.4 Å². The standard InChI is InChI=1S/2C5H6O2.C5H4O2.C4H7NO3S.C4H6O3S.C4H4O3S.C4H4O3.C4H4O2S.C4H6O2S.C4H4O2S.C4H6O2.C4H4O2.C4H6OS.C4H4OS.2C3H6N2O3S.2C3H5NO3S.CH4/c3*6-4-1-2-5(7)3-4;6-4-2-1-3-9(7,8)5-4;2*5-4-1-2-8(6,7)3-4;2*5-3-1-4(6)7-2-3;2*5-4-1-2-7(6)3-4;4*5-4-1-2-6-3-4;2*6-3-1-2-4-9(7,8)5-3;2*5-3-1-4-8(6,7)2-3;/h2*1-3H2;1-2H,3H2;1-3H2,(H,5,6);1-3H2;1-2H,3H2;2*1-2H2;1-3H2;1-2H,3H2;1-3H2;1-2H,3H2;1-3H2;1-2H,3H2;2*4H,1-2H2,(H,5,6);2*4H,1-2H2;1H4. The molecule has 0 radical (unpaired) electrons. The number of hydrogen-bond acceptors (Lipinski definition) is 45. The Bertz CT molecular complexity index is 4840. The largest absolute Gasteiger partial charge is 0.493 e. The second-order valence-corrected chi connectivity index (χ2v) is 45.9. The summed E-state index contributed by atoms with van der Waals surface area (Å²) in [6.45, 7) is 1.56. The van der Waals surface area contributed by atoms with Crippen molar-refractivity contribution >= 4 is 260 Å². The monoisotopic (exact) mass is 2120 g/mol. The molecule has 11 saturated heterocycles. The van der Waals surface area contributed by atoms with Crippen LogP contribution in [0.4, 0.5) is 0 Å². The molecule has 18 aliphatic rings. The van der Waals surface area contributed by atoms with Crippen molar-refractivity contribution in [2.75, 3.05) is 127 Å². The molecule has 3 amide bonds. The number of allylic oxidation sites excluding steroid dienone is 5. The van der Waals surface area contributed by atoms with Gasteiger partial charge < -0.3 is 14.2 Å². The zero-order chi connectivity index (χ0) is 100. The number of carbonyl (C=O) groups excluding carboxylic acids is 23. The highest BCUT2D eigenvalue weighted by Crippen LogP contribution is 2.16. The number of carbonyl (C=O) groups is 23. The number of esters is 1. The highest BCUT2D eigenvalue weighted by Gasteiger charge is 2.29. The van der Waals surface area contributed by atoms with Crippen molar-refractivity contribution in [3.05, 3.63) is 58.9 Å². The third-order valence-corrected chi connectivity index (χ3v) is 29.2. The van der Waals surface area contributed by atoms with Crippen LogP contribution in [0.3, 0.4) is 0 Å². The number of rotatable bonds is 0. The highest BCUT2D eigenvalue weighted by molar-refractivity contribution is 8.15. The minimum Gasteiger partial charge on any atom is -0.493 e. The van der Waals surface area contributed by atoms with E-state index < -0.39 is 110 Å². The number of Topliss-reactive ketones (excluding diaryl/α,β-unsaturated/α-hetero) is 12. The van der Waals surface area contributed by atoms with Gasteiger partial charge in [-0.15, -0.1) is 11.8 Å². The lowest BCUT2D eigenvalue weighted by molar-refractivity contribution is -0.138. The molecular weight excluding hydrogens is 2020 g/mol. The van der Waals surface area contributed by atoms with Crippen LogP contribution in [0.5, 0.6) is 0 Å². The van der Waals surface area contributed by atoms with Gasteiger partial charge in [0, 0.05) is 123 Å². The summed E-state index contributed by atoms with van der Waals surface area (Å²) in [5.74, 6) is 1.43. The molecule has 0 aromatic carbocycles. The van der Waals surface area contributed by atoms with Gasteiger partial charge in [0.25, 0.3) is 0 Å². The molecule has 2 atom stereocenters. The van der Waals surface area contributed by atoms with E-state index >= 15 is 0 Å². The summed E-state index contributed by atoms with van der Waals surface area (Å²) in [5, 5.41) is 4.20. The normalized spacial score (nSPS) is 23.6. The minimum absolute atomic E-state index is 0. The van der Waals surface area contributed by atoms with Crippen LogP contribution in [-0.4, -0.2) is 328 Å². The maximum atomic E-state index is 10.5. The van der Waals surface area contributed by atoms with E-state index in [1.54, 1.807) is 39.0 Å². The summed E-state index contributed by atoms with van der Waals surface area (Å²) in [7, 11) is -24.4. The average Bonchev–Trinajstić information content (AvgIpc) is 1.87. The van der Waals surface area contributed by atoms with Crippen LogP contribution in [0.25, 0.3) is 0 Å². The Hall–Kier alpha value is -9.09. The van der Waals surface area contributed by atoms with Gasteiger partial charge in [-0.3, -0.25) is 123 Å². The van der Waals surface area contributed by atoms with Crippen LogP contribution in [0.2, 0.25) is 0 Å². The van der Waals surface area contributed by atoms with Crippen molar-refractivity contribution in [2.24, 2.45) is 0 Å². The van der Waals surface area contributed by atoms with Crippen molar-refractivity contribution in [3.8, 4) is 0 Å².